The van der Waals surface area contributed by atoms with Crippen LogP contribution in [0.2, 0.25) is 0 Å². The second kappa shape index (κ2) is 4.75. The minimum Gasteiger partial charge on any atom is -0.379 e. The van der Waals surface area contributed by atoms with Crippen molar-refractivity contribution in [3.05, 3.63) is 59.7 Å². The van der Waals surface area contributed by atoms with Gasteiger partial charge in [-0.15, -0.1) is 0 Å². The molecule has 1 aromatic heterocycles. The van der Waals surface area contributed by atoms with E-state index in [1.807, 2.05) is 13.0 Å². The summed E-state index contributed by atoms with van der Waals surface area (Å²) in [6, 6.07) is 8.67. The number of hydrogen-bond donors (Lipinski definition) is 1. The molecule has 0 unspecified atom stereocenters. The van der Waals surface area contributed by atoms with Crippen LogP contribution in [0.1, 0.15) is 11.1 Å². The number of halogens is 1. The van der Waals surface area contributed by atoms with Gasteiger partial charge in [0, 0.05) is 18.9 Å². The predicted octanol–water partition coefficient (Wildman–Crippen LogP) is 3.14. The van der Waals surface area contributed by atoms with E-state index in [9.17, 15) is 4.39 Å². The van der Waals surface area contributed by atoms with E-state index < -0.39 is 0 Å². The van der Waals surface area contributed by atoms with Crippen molar-refractivity contribution in [2.24, 2.45) is 0 Å². The molecule has 1 N–H and O–H groups in total. The number of benzene rings is 1. The summed E-state index contributed by atoms with van der Waals surface area (Å²) in [4.78, 5) is 4.09. The summed E-state index contributed by atoms with van der Waals surface area (Å²) in [6.45, 7) is 2.56. The molecule has 0 fully saturated rings. The predicted molar refractivity (Wildman–Crippen MR) is 62.7 cm³/mol. The second-order valence-corrected chi connectivity index (χ2v) is 3.70. The zero-order valence-corrected chi connectivity index (χ0v) is 9.07. The Morgan fingerprint density at radius 2 is 2.06 bits per heavy atom. The van der Waals surface area contributed by atoms with E-state index in [4.69, 9.17) is 0 Å². The molecule has 3 heteroatoms. The number of hydrogen-bond acceptors (Lipinski definition) is 2. The molecule has 2 nitrogen and oxygen atoms in total. The molecular formula is C13H13FN2. The number of pyridine rings is 1. The Morgan fingerprint density at radius 3 is 2.81 bits per heavy atom. The van der Waals surface area contributed by atoms with Crippen LogP contribution in [0.3, 0.4) is 0 Å². The Kier molecular flexibility index (Phi) is 3.15. The van der Waals surface area contributed by atoms with Crippen molar-refractivity contribution in [3.63, 3.8) is 0 Å². The number of rotatable bonds is 3. The third-order valence-electron chi connectivity index (χ3n) is 2.29. The first-order valence-corrected chi connectivity index (χ1v) is 5.14. The van der Waals surface area contributed by atoms with E-state index >= 15 is 0 Å². The van der Waals surface area contributed by atoms with Crippen molar-refractivity contribution in [3.8, 4) is 0 Å². The van der Waals surface area contributed by atoms with E-state index in [2.05, 4.69) is 10.3 Å². The molecule has 0 aliphatic rings. The van der Waals surface area contributed by atoms with Gasteiger partial charge in [-0.25, -0.2) is 4.39 Å². The molecule has 0 radical (unpaired) electrons. The van der Waals surface area contributed by atoms with Gasteiger partial charge in [0.25, 0.3) is 0 Å². The lowest BCUT2D eigenvalue weighted by Crippen LogP contribution is -2.01. The maximum Gasteiger partial charge on any atom is 0.146 e. The molecular weight excluding hydrogens is 203 g/mol. The van der Waals surface area contributed by atoms with E-state index in [-0.39, 0.29) is 5.82 Å². The van der Waals surface area contributed by atoms with Gasteiger partial charge in [-0.2, -0.15) is 0 Å². The monoisotopic (exact) mass is 216 g/mol. The van der Waals surface area contributed by atoms with Gasteiger partial charge < -0.3 is 5.32 Å². The van der Waals surface area contributed by atoms with Gasteiger partial charge in [-0.1, -0.05) is 18.2 Å². The summed E-state index contributed by atoms with van der Waals surface area (Å²) in [7, 11) is 0. The van der Waals surface area contributed by atoms with Crippen LogP contribution in [0.5, 0.6) is 0 Å². The summed E-state index contributed by atoms with van der Waals surface area (Å²) >= 11 is 0. The van der Waals surface area contributed by atoms with Gasteiger partial charge in [-0.05, 0) is 30.2 Å². The fraction of sp³-hybridized carbons (Fsp3) is 0.154. The van der Waals surface area contributed by atoms with E-state index in [0.717, 1.165) is 11.1 Å². The number of para-hydroxylation sites is 1. The first-order chi connectivity index (χ1) is 7.75. The number of nitrogens with one attached hydrogen (secondary N) is 1. The van der Waals surface area contributed by atoms with Crippen LogP contribution in [0.15, 0.2) is 42.7 Å². The first-order valence-electron chi connectivity index (χ1n) is 5.14. The fourth-order valence-electron chi connectivity index (χ4n) is 1.52. The average Bonchev–Trinajstić information content (AvgIpc) is 2.28. The average molecular weight is 216 g/mol. The second-order valence-electron chi connectivity index (χ2n) is 3.70. The zero-order valence-electron chi connectivity index (χ0n) is 9.07. The van der Waals surface area contributed by atoms with Crippen LogP contribution in [-0.2, 0) is 6.54 Å². The minimum atomic E-state index is -0.233. The largest absolute Gasteiger partial charge is 0.379 e. The highest BCUT2D eigenvalue weighted by atomic mass is 19.1. The highest BCUT2D eigenvalue weighted by Crippen LogP contribution is 2.13. The molecule has 16 heavy (non-hydrogen) atoms. The lowest BCUT2D eigenvalue weighted by Gasteiger charge is -2.07. The molecule has 0 bridgehead atoms. The molecule has 0 aliphatic carbocycles. The SMILES string of the molecule is Cc1cncc(CNc2ccccc2F)c1. The van der Waals surface area contributed by atoms with Crippen LogP contribution >= 0.6 is 0 Å². The molecule has 2 aromatic rings. The smallest absolute Gasteiger partial charge is 0.146 e. The fourth-order valence-corrected chi connectivity index (χ4v) is 1.52. The van der Waals surface area contributed by atoms with Crippen LogP contribution in [0, 0.1) is 12.7 Å². The van der Waals surface area contributed by atoms with Crippen molar-refractivity contribution >= 4 is 5.69 Å². The summed E-state index contributed by atoms with van der Waals surface area (Å²) in [6.07, 6.45) is 3.58. The van der Waals surface area contributed by atoms with Gasteiger partial charge in [0.1, 0.15) is 5.82 Å². The lowest BCUT2D eigenvalue weighted by atomic mass is 10.2. The molecule has 0 saturated heterocycles. The summed E-state index contributed by atoms with van der Waals surface area (Å²) in [5.74, 6) is -0.233. The van der Waals surface area contributed by atoms with Crippen molar-refractivity contribution in [2.45, 2.75) is 13.5 Å². The Hall–Kier alpha value is -1.90. The maximum absolute atomic E-state index is 13.3. The minimum absolute atomic E-state index is 0.233. The van der Waals surface area contributed by atoms with Gasteiger partial charge in [0.2, 0.25) is 0 Å². The summed E-state index contributed by atoms with van der Waals surface area (Å²) < 4.78 is 13.3. The van der Waals surface area contributed by atoms with E-state index in [0.29, 0.717) is 12.2 Å². The molecule has 0 aliphatic heterocycles. The van der Waals surface area contributed by atoms with Gasteiger partial charge in [-0.3, -0.25) is 4.98 Å². The molecule has 1 aromatic carbocycles. The summed E-state index contributed by atoms with van der Waals surface area (Å²) in [5.41, 5.74) is 2.67. The molecule has 0 saturated carbocycles. The van der Waals surface area contributed by atoms with Gasteiger partial charge in [0.05, 0.1) is 5.69 Å². The Balaban J connectivity index is 2.05. The van der Waals surface area contributed by atoms with Crippen LogP contribution in [-0.4, -0.2) is 4.98 Å². The van der Waals surface area contributed by atoms with Gasteiger partial charge >= 0.3 is 0 Å². The van der Waals surface area contributed by atoms with Crippen LogP contribution in [0.4, 0.5) is 10.1 Å². The topological polar surface area (TPSA) is 24.9 Å². The van der Waals surface area contributed by atoms with Crippen molar-refractivity contribution in [1.82, 2.24) is 4.98 Å². The Bertz CT molecular complexity index is 483. The molecule has 82 valence electrons. The Labute approximate surface area is 94.2 Å². The molecule has 0 spiro atoms. The number of aryl methyl sites for hydroxylation is 1. The van der Waals surface area contributed by atoms with Crippen LogP contribution < -0.4 is 5.32 Å². The van der Waals surface area contributed by atoms with Crippen LogP contribution in [0.25, 0.3) is 0 Å². The third-order valence-corrected chi connectivity index (χ3v) is 2.29. The van der Waals surface area contributed by atoms with E-state index in [1.54, 1.807) is 30.6 Å². The lowest BCUT2D eigenvalue weighted by molar-refractivity contribution is 0.630. The summed E-state index contributed by atoms with van der Waals surface area (Å²) in [5, 5.41) is 3.04. The first kappa shape index (κ1) is 10.6. The number of nitrogens with zero attached hydrogens (tertiary/aromatic N) is 1. The van der Waals surface area contributed by atoms with Crippen molar-refractivity contribution in [2.75, 3.05) is 5.32 Å². The standard InChI is InChI=1S/C13H13FN2/c1-10-6-11(8-15-7-10)9-16-13-5-3-2-4-12(13)14/h2-8,16H,9H2,1H3. The zero-order chi connectivity index (χ0) is 11.4. The third kappa shape index (κ3) is 2.57. The van der Waals surface area contributed by atoms with Crippen molar-refractivity contribution < 1.29 is 4.39 Å². The molecule has 1 heterocycles. The molecule has 0 atom stereocenters. The van der Waals surface area contributed by atoms with Gasteiger partial charge in [0.15, 0.2) is 0 Å². The highest BCUT2D eigenvalue weighted by molar-refractivity contribution is 5.44. The highest BCUT2D eigenvalue weighted by Gasteiger charge is 1.99. The quantitative estimate of drug-likeness (QED) is 0.852. The number of anilines is 1. The van der Waals surface area contributed by atoms with E-state index in [1.165, 1.54) is 6.07 Å². The molecule has 0 amide bonds. The van der Waals surface area contributed by atoms with Crippen molar-refractivity contribution in [1.29, 1.82) is 0 Å². The Morgan fingerprint density at radius 1 is 1.25 bits per heavy atom. The molecule has 2 rings (SSSR count). The maximum atomic E-state index is 13.3. The normalized spacial score (nSPS) is 10.1. The number of aromatic nitrogens is 1.